The fourth-order valence-electron chi connectivity index (χ4n) is 0.990. The Bertz CT molecular complexity index is 485. The van der Waals surface area contributed by atoms with Crippen molar-refractivity contribution in [2.24, 2.45) is 15.0 Å². The number of carbonyl (C=O) groups excluding carboxylic acids is 3. The van der Waals surface area contributed by atoms with Gasteiger partial charge in [-0.05, 0) is 18.9 Å². The predicted octanol–water partition coefficient (Wildman–Crippen LogP) is 0.685. The molecule has 3 amide bonds. The van der Waals surface area contributed by atoms with Crippen LogP contribution in [-0.4, -0.2) is 36.4 Å². The average molecular weight is 245 g/mol. The van der Waals surface area contributed by atoms with Gasteiger partial charge in [0.25, 0.3) is 17.7 Å². The molecule has 1 heterocycles. The Balaban J connectivity index is 2.80. The molecule has 0 fully saturated rings. The molecule has 0 radical (unpaired) electrons. The summed E-state index contributed by atoms with van der Waals surface area (Å²) in [4.78, 5) is 43.8. The van der Waals surface area contributed by atoms with Crippen LogP contribution in [-0.2, 0) is 14.4 Å². The maximum atomic E-state index is 11.1. The number of allylic oxidation sites excluding steroid dienone is 2. The van der Waals surface area contributed by atoms with Gasteiger partial charge in [-0.2, -0.15) is 0 Å². The van der Waals surface area contributed by atoms with Crippen molar-refractivity contribution in [3.8, 4) is 0 Å². The lowest BCUT2D eigenvalue weighted by molar-refractivity contribution is -0.114. The van der Waals surface area contributed by atoms with Crippen LogP contribution in [0.4, 0.5) is 0 Å². The molecular formula is C12H11N3O3. The zero-order valence-corrected chi connectivity index (χ0v) is 9.52. The lowest BCUT2D eigenvalue weighted by atomic mass is 10.3. The molecule has 1 aliphatic rings. The van der Waals surface area contributed by atoms with Crippen LogP contribution in [0.2, 0.25) is 0 Å². The van der Waals surface area contributed by atoms with E-state index in [0.717, 1.165) is 12.3 Å². The third-order valence-electron chi connectivity index (χ3n) is 1.77. The quantitative estimate of drug-likeness (QED) is 0.628. The lowest BCUT2D eigenvalue weighted by Gasteiger charge is -1.85. The Labute approximate surface area is 104 Å². The molecule has 1 aliphatic heterocycles. The molecule has 92 valence electrons. The molecule has 18 heavy (non-hydrogen) atoms. The highest BCUT2D eigenvalue weighted by molar-refractivity contribution is 6.30. The molecule has 0 bridgehead atoms. The molecule has 0 saturated heterocycles. The SMILES string of the molecule is O=C1C=CCCC=NC(=O)C=NC(=O)C=CC=N1. The van der Waals surface area contributed by atoms with Gasteiger partial charge in [0.05, 0.1) is 6.21 Å². The van der Waals surface area contributed by atoms with Crippen molar-refractivity contribution in [2.45, 2.75) is 12.8 Å². The van der Waals surface area contributed by atoms with Crippen LogP contribution in [0.3, 0.4) is 0 Å². The number of hydrogen-bond acceptors (Lipinski definition) is 3. The van der Waals surface area contributed by atoms with E-state index in [4.69, 9.17) is 0 Å². The van der Waals surface area contributed by atoms with E-state index < -0.39 is 17.7 Å². The highest BCUT2D eigenvalue weighted by atomic mass is 16.2. The molecule has 0 atom stereocenters. The van der Waals surface area contributed by atoms with Gasteiger partial charge in [-0.15, -0.1) is 0 Å². The van der Waals surface area contributed by atoms with E-state index in [1.54, 1.807) is 6.08 Å². The molecule has 0 aliphatic carbocycles. The zero-order chi connectivity index (χ0) is 13.2. The van der Waals surface area contributed by atoms with Crippen molar-refractivity contribution in [1.82, 2.24) is 0 Å². The van der Waals surface area contributed by atoms with Gasteiger partial charge in [0.15, 0.2) is 0 Å². The normalized spacial score (nSPS) is 17.9. The number of hydrogen-bond donors (Lipinski definition) is 0. The van der Waals surface area contributed by atoms with Crippen molar-refractivity contribution in [2.75, 3.05) is 0 Å². The van der Waals surface area contributed by atoms with Gasteiger partial charge >= 0.3 is 0 Å². The first kappa shape index (κ1) is 13.6. The molecule has 0 aromatic heterocycles. The fourth-order valence-corrected chi connectivity index (χ4v) is 0.990. The Morgan fingerprint density at radius 1 is 0.833 bits per heavy atom. The monoisotopic (exact) mass is 245 g/mol. The van der Waals surface area contributed by atoms with Crippen molar-refractivity contribution in [1.29, 1.82) is 0 Å². The molecular weight excluding hydrogens is 234 g/mol. The maximum Gasteiger partial charge on any atom is 0.287 e. The van der Waals surface area contributed by atoms with Gasteiger partial charge in [-0.1, -0.05) is 6.08 Å². The second-order valence-electron chi connectivity index (χ2n) is 3.20. The fraction of sp³-hybridized carbons (Fsp3) is 0.167. The molecule has 6 nitrogen and oxygen atoms in total. The lowest BCUT2D eigenvalue weighted by Crippen LogP contribution is -1.98. The van der Waals surface area contributed by atoms with Crippen LogP contribution in [0, 0.1) is 0 Å². The third-order valence-corrected chi connectivity index (χ3v) is 1.77. The first-order valence-electron chi connectivity index (χ1n) is 5.24. The summed E-state index contributed by atoms with van der Waals surface area (Å²) in [5.74, 6) is -1.64. The minimum absolute atomic E-state index is 0.418. The second kappa shape index (κ2) is 7.72. The number of rotatable bonds is 0. The van der Waals surface area contributed by atoms with Crippen LogP contribution in [0.15, 0.2) is 39.3 Å². The summed E-state index contributed by atoms with van der Waals surface area (Å²) in [5, 5.41) is 0. The number of nitrogens with zero attached hydrogens (tertiary/aromatic N) is 3. The summed E-state index contributed by atoms with van der Waals surface area (Å²) in [5.41, 5.74) is 0. The van der Waals surface area contributed by atoms with E-state index in [0.29, 0.717) is 12.8 Å². The maximum absolute atomic E-state index is 11.1. The van der Waals surface area contributed by atoms with Crippen LogP contribution in [0.5, 0.6) is 0 Å². The van der Waals surface area contributed by atoms with Crippen LogP contribution in [0.1, 0.15) is 12.8 Å². The number of carbonyl (C=O) groups is 3. The Hall–Kier alpha value is -2.50. The van der Waals surface area contributed by atoms with Crippen LogP contribution in [0.25, 0.3) is 0 Å². The minimum atomic E-state index is -0.622. The molecule has 0 N–H and O–H groups in total. The molecule has 0 saturated carbocycles. The molecule has 6 heteroatoms. The molecule has 1 rings (SSSR count). The molecule has 0 unspecified atom stereocenters. The van der Waals surface area contributed by atoms with E-state index in [9.17, 15) is 14.4 Å². The van der Waals surface area contributed by atoms with E-state index in [1.165, 1.54) is 24.6 Å². The standard InChI is InChI=1S/C12H11N3O3/c16-10-5-2-1-3-7-14-12(18)9-15-11(17)6-4-8-13-10/h2,4-9H,1,3H2. The van der Waals surface area contributed by atoms with Crippen molar-refractivity contribution < 1.29 is 14.4 Å². The zero-order valence-electron chi connectivity index (χ0n) is 9.52. The Kier molecular flexibility index (Phi) is 5.82. The highest BCUT2D eigenvalue weighted by Gasteiger charge is 1.95. The third kappa shape index (κ3) is 6.16. The molecule has 0 aromatic carbocycles. The summed E-state index contributed by atoms with van der Waals surface area (Å²) in [6.07, 6.45) is 9.86. The van der Waals surface area contributed by atoms with Gasteiger partial charge < -0.3 is 0 Å². The molecule has 0 aromatic rings. The predicted molar refractivity (Wildman–Crippen MR) is 68.0 cm³/mol. The number of aliphatic imine (C=N–C) groups is 3. The van der Waals surface area contributed by atoms with Crippen molar-refractivity contribution in [3.05, 3.63) is 24.3 Å². The Morgan fingerprint density at radius 2 is 1.61 bits per heavy atom. The number of amides is 3. The largest absolute Gasteiger partial charge is 0.287 e. The van der Waals surface area contributed by atoms with E-state index in [2.05, 4.69) is 15.0 Å². The molecule has 0 spiro atoms. The topological polar surface area (TPSA) is 88.3 Å². The highest BCUT2D eigenvalue weighted by Crippen LogP contribution is 1.90. The summed E-state index contributed by atoms with van der Waals surface area (Å²) < 4.78 is 0. The van der Waals surface area contributed by atoms with E-state index >= 15 is 0 Å². The van der Waals surface area contributed by atoms with Crippen LogP contribution < -0.4 is 0 Å². The van der Waals surface area contributed by atoms with Gasteiger partial charge in [-0.25, -0.2) is 15.0 Å². The minimum Gasteiger partial charge on any atom is -0.267 e. The smallest absolute Gasteiger partial charge is 0.267 e. The van der Waals surface area contributed by atoms with Gasteiger partial charge in [0.2, 0.25) is 0 Å². The summed E-state index contributed by atoms with van der Waals surface area (Å²) in [7, 11) is 0. The van der Waals surface area contributed by atoms with E-state index in [-0.39, 0.29) is 0 Å². The van der Waals surface area contributed by atoms with Gasteiger partial charge in [0.1, 0.15) is 0 Å². The Morgan fingerprint density at radius 3 is 2.44 bits per heavy atom. The summed E-state index contributed by atoms with van der Waals surface area (Å²) >= 11 is 0. The first-order valence-corrected chi connectivity index (χ1v) is 5.24. The van der Waals surface area contributed by atoms with Crippen LogP contribution >= 0.6 is 0 Å². The van der Waals surface area contributed by atoms with E-state index in [1.807, 2.05) is 0 Å². The first-order chi connectivity index (χ1) is 8.68. The van der Waals surface area contributed by atoms with Gasteiger partial charge in [0, 0.05) is 24.6 Å². The van der Waals surface area contributed by atoms with Crippen molar-refractivity contribution >= 4 is 36.4 Å². The van der Waals surface area contributed by atoms with Gasteiger partial charge in [-0.3, -0.25) is 14.4 Å². The van der Waals surface area contributed by atoms with Crippen molar-refractivity contribution in [3.63, 3.8) is 0 Å². The summed E-state index contributed by atoms with van der Waals surface area (Å²) in [6.45, 7) is 0. The average Bonchev–Trinajstić information content (AvgIpc) is 2.35. The summed E-state index contributed by atoms with van der Waals surface area (Å²) in [6, 6.07) is 0. The second-order valence-corrected chi connectivity index (χ2v) is 3.20.